The first-order valence-corrected chi connectivity index (χ1v) is 12.1. The molecule has 2 aromatic carbocycles. The Morgan fingerprint density at radius 2 is 1.67 bits per heavy atom. The Balaban J connectivity index is 1.20. The number of hydrazine groups is 1. The third-order valence-electron chi connectivity index (χ3n) is 6.84. The normalized spacial score (nSPS) is 20.0. The number of hydrogen-bond donors (Lipinski definition) is 2. The number of benzene rings is 2. The lowest BCUT2D eigenvalue weighted by Gasteiger charge is -2.36. The second-order valence-electron chi connectivity index (χ2n) is 8.98. The van der Waals surface area contributed by atoms with Crippen LogP contribution in [0.25, 0.3) is 0 Å². The van der Waals surface area contributed by atoms with E-state index in [0.29, 0.717) is 0 Å². The zero-order valence-corrected chi connectivity index (χ0v) is 19.3. The molecule has 1 atom stereocenters. The highest BCUT2D eigenvalue weighted by molar-refractivity contribution is 6.31. The molecule has 6 rings (SSSR count). The molecular formula is C25H28ClN7. The maximum Gasteiger partial charge on any atom is 0.229 e. The molecule has 3 aliphatic heterocycles. The molecule has 170 valence electrons. The topological polar surface area (TPSA) is 59.6 Å². The lowest BCUT2D eigenvalue weighted by Crippen LogP contribution is -2.46. The van der Waals surface area contributed by atoms with E-state index in [0.717, 1.165) is 74.8 Å². The van der Waals surface area contributed by atoms with Crippen molar-refractivity contribution < 1.29 is 0 Å². The van der Waals surface area contributed by atoms with Gasteiger partial charge in [0, 0.05) is 50.8 Å². The molecule has 8 heteroatoms. The Hall–Kier alpha value is -2.87. The summed E-state index contributed by atoms with van der Waals surface area (Å²) < 4.78 is 0. The summed E-state index contributed by atoms with van der Waals surface area (Å²) >= 11 is 6.37. The van der Waals surface area contributed by atoms with E-state index in [1.165, 1.54) is 16.7 Å². The second-order valence-corrected chi connectivity index (χ2v) is 9.39. The van der Waals surface area contributed by atoms with E-state index in [2.05, 4.69) is 68.0 Å². The first kappa shape index (κ1) is 20.7. The first-order valence-electron chi connectivity index (χ1n) is 11.7. The lowest BCUT2D eigenvalue weighted by atomic mass is 10.0. The lowest BCUT2D eigenvalue weighted by molar-refractivity contribution is 0.249. The standard InChI is InChI=1S/C25H28ClN7/c26-20-9-5-4-8-19(20)17-31-12-14-32(15-13-31)25-27-23-22-21(29-30-23)10-11-33(24(22)28-25)16-18-6-2-1-3-7-18/h1-9,21,29H,10-17H2,(H,27,28,30). The van der Waals surface area contributed by atoms with Gasteiger partial charge in [0.15, 0.2) is 5.82 Å². The van der Waals surface area contributed by atoms with Crippen molar-refractivity contribution in [2.75, 3.05) is 47.9 Å². The predicted molar refractivity (Wildman–Crippen MR) is 133 cm³/mol. The molecular weight excluding hydrogens is 434 g/mol. The number of piperazine rings is 1. The van der Waals surface area contributed by atoms with Crippen LogP contribution in [0.1, 0.15) is 29.2 Å². The highest BCUT2D eigenvalue weighted by atomic mass is 35.5. The van der Waals surface area contributed by atoms with Crippen molar-refractivity contribution in [1.29, 1.82) is 0 Å². The molecule has 1 saturated heterocycles. The summed E-state index contributed by atoms with van der Waals surface area (Å²) in [6.45, 7) is 6.44. The zero-order valence-electron chi connectivity index (χ0n) is 18.5. The summed E-state index contributed by atoms with van der Waals surface area (Å²) in [7, 11) is 0. The van der Waals surface area contributed by atoms with Gasteiger partial charge >= 0.3 is 0 Å². The average molecular weight is 462 g/mol. The molecule has 0 bridgehead atoms. The minimum absolute atomic E-state index is 0.281. The molecule has 0 amide bonds. The molecule has 7 nitrogen and oxygen atoms in total. The van der Waals surface area contributed by atoms with Crippen LogP contribution in [0.3, 0.4) is 0 Å². The van der Waals surface area contributed by atoms with Crippen LogP contribution in [-0.4, -0.2) is 47.6 Å². The van der Waals surface area contributed by atoms with E-state index in [-0.39, 0.29) is 6.04 Å². The van der Waals surface area contributed by atoms with Crippen LogP contribution in [-0.2, 0) is 13.1 Å². The van der Waals surface area contributed by atoms with Gasteiger partial charge < -0.3 is 15.2 Å². The highest BCUT2D eigenvalue weighted by Gasteiger charge is 2.35. The van der Waals surface area contributed by atoms with Crippen molar-refractivity contribution in [1.82, 2.24) is 20.3 Å². The van der Waals surface area contributed by atoms with Crippen LogP contribution in [0.2, 0.25) is 5.02 Å². The van der Waals surface area contributed by atoms with Crippen molar-refractivity contribution in [3.05, 3.63) is 76.3 Å². The zero-order chi connectivity index (χ0) is 22.2. The smallest absolute Gasteiger partial charge is 0.229 e. The molecule has 0 radical (unpaired) electrons. The van der Waals surface area contributed by atoms with E-state index in [1.54, 1.807) is 0 Å². The molecule has 33 heavy (non-hydrogen) atoms. The number of anilines is 3. The molecule has 1 unspecified atom stereocenters. The van der Waals surface area contributed by atoms with Crippen LogP contribution in [0, 0.1) is 0 Å². The van der Waals surface area contributed by atoms with Crippen LogP contribution in [0.5, 0.6) is 0 Å². The van der Waals surface area contributed by atoms with Crippen LogP contribution in [0.4, 0.5) is 17.6 Å². The van der Waals surface area contributed by atoms with Crippen molar-refractivity contribution in [2.24, 2.45) is 0 Å². The minimum Gasteiger partial charge on any atom is -0.352 e. The number of nitrogens with one attached hydrogen (secondary N) is 2. The largest absolute Gasteiger partial charge is 0.352 e. The van der Waals surface area contributed by atoms with Crippen LogP contribution < -0.4 is 20.7 Å². The van der Waals surface area contributed by atoms with Gasteiger partial charge in [0.2, 0.25) is 5.95 Å². The van der Waals surface area contributed by atoms with Gasteiger partial charge in [0.05, 0.1) is 11.6 Å². The maximum atomic E-state index is 6.37. The molecule has 4 heterocycles. The molecule has 3 aliphatic rings. The SMILES string of the molecule is Clc1ccccc1CN1CCN(c2nc3c4c(n2)N(Cc2ccccc2)CCC4NN3)CC1. The number of hydrogen-bond acceptors (Lipinski definition) is 7. The Labute approximate surface area is 199 Å². The summed E-state index contributed by atoms with van der Waals surface area (Å²) in [4.78, 5) is 17.2. The maximum absolute atomic E-state index is 6.37. The number of nitrogens with zero attached hydrogens (tertiary/aromatic N) is 5. The Bertz CT molecular complexity index is 1130. The summed E-state index contributed by atoms with van der Waals surface area (Å²) in [6.07, 6.45) is 1.04. The van der Waals surface area contributed by atoms with Gasteiger partial charge in [-0.15, -0.1) is 0 Å². The fourth-order valence-electron chi connectivity index (χ4n) is 5.01. The van der Waals surface area contributed by atoms with Gasteiger partial charge in [0.25, 0.3) is 0 Å². The summed E-state index contributed by atoms with van der Waals surface area (Å²) in [6, 6.07) is 19.0. The molecule has 1 fully saturated rings. The Morgan fingerprint density at radius 3 is 2.48 bits per heavy atom. The third kappa shape index (κ3) is 4.12. The first-order chi connectivity index (χ1) is 16.2. The second kappa shape index (κ2) is 8.82. The number of aromatic nitrogens is 2. The molecule has 0 saturated carbocycles. The van der Waals surface area contributed by atoms with Crippen molar-refractivity contribution in [3.8, 4) is 0 Å². The van der Waals surface area contributed by atoms with Gasteiger partial charge in [-0.1, -0.05) is 60.1 Å². The quantitative estimate of drug-likeness (QED) is 0.598. The van der Waals surface area contributed by atoms with Crippen molar-refractivity contribution in [3.63, 3.8) is 0 Å². The predicted octanol–water partition coefficient (Wildman–Crippen LogP) is 3.83. The fraction of sp³-hybridized carbons (Fsp3) is 0.360. The van der Waals surface area contributed by atoms with Crippen molar-refractivity contribution >= 4 is 29.2 Å². The van der Waals surface area contributed by atoms with Gasteiger partial charge in [-0.25, -0.2) is 5.43 Å². The highest BCUT2D eigenvalue weighted by Crippen LogP contribution is 2.41. The number of rotatable bonds is 5. The molecule has 0 spiro atoms. The monoisotopic (exact) mass is 461 g/mol. The molecule has 2 N–H and O–H groups in total. The summed E-state index contributed by atoms with van der Waals surface area (Å²) in [5.41, 5.74) is 10.4. The van der Waals surface area contributed by atoms with Crippen LogP contribution in [0.15, 0.2) is 54.6 Å². The molecule has 1 aromatic heterocycles. The van der Waals surface area contributed by atoms with Crippen LogP contribution >= 0.6 is 11.6 Å². The van der Waals surface area contributed by atoms with Gasteiger partial charge in [0.1, 0.15) is 5.82 Å². The Kier molecular flexibility index (Phi) is 5.54. The van der Waals surface area contributed by atoms with Gasteiger partial charge in [-0.2, -0.15) is 9.97 Å². The fourth-order valence-corrected chi connectivity index (χ4v) is 5.21. The third-order valence-corrected chi connectivity index (χ3v) is 7.21. The van der Waals surface area contributed by atoms with Gasteiger partial charge in [-0.3, -0.25) is 4.90 Å². The van der Waals surface area contributed by atoms with Gasteiger partial charge in [-0.05, 0) is 23.6 Å². The average Bonchev–Trinajstić information content (AvgIpc) is 3.27. The van der Waals surface area contributed by atoms with E-state index in [4.69, 9.17) is 21.6 Å². The van der Waals surface area contributed by atoms with E-state index >= 15 is 0 Å². The molecule has 3 aromatic rings. The number of halogens is 1. The summed E-state index contributed by atoms with van der Waals surface area (Å²) in [5.74, 6) is 2.80. The Morgan fingerprint density at radius 1 is 0.879 bits per heavy atom. The van der Waals surface area contributed by atoms with E-state index in [9.17, 15) is 0 Å². The minimum atomic E-state index is 0.281. The summed E-state index contributed by atoms with van der Waals surface area (Å²) in [5, 5.41) is 0.840. The van der Waals surface area contributed by atoms with E-state index < -0.39 is 0 Å². The van der Waals surface area contributed by atoms with E-state index in [1.807, 2.05) is 12.1 Å². The van der Waals surface area contributed by atoms with Crippen molar-refractivity contribution in [2.45, 2.75) is 25.6 Å². The molecule has 0 aliphatic carbocycles.